The third kappa shape index (κ3) is 1.02. The lowest BCUT2D eigenvalue weighted by Crippen LogP contribution is -2.52. The molecule has 1 spiro atoms. The Morgan fingerprint density at radius 2 is 2.21 bits per heavy atom. The molecule has 1 aliphatic carbocycles. The number of carbonyl (C=O) groups excluding carboxylic acids is 1. The first-order valence-corrected chi connectivity index (χ1v) is 4.80. The summed E-state index contributed by atoms with van der Waals surface area (Å²) in [4.78, 5) is 16.9. The summed E-state index contributed by atoms with van der Waals surface area (Å²) in [7, 11) is 0. The summed E-state index contributed by atoms with van der Waals surface area (Å²) in [5.41, 5.74) is 5.46. The average molecular weight is 191 g/mol. The first kappa shape index (κ1) is 9.07. The molecule has 4 nitrogen and oxygen atoms in total. The number of hydrogen-bond donors (Lipinski definition) is 1. The van der Waals surface area contributed by atoms with Crippen molar-refractivity contribution >= 4 is 11.9 Å². The lowest BCUT2D eigenvalue weighted by molar-refractivity contribution is 0.184. The van der Waals surface area contributed by atoms with Gasteiger partial charge in [-0.2, -0.15) is 4.99 Å². The van der Waals surface area contributed by atoms with Gasteiger partial charge in [0.1, 0.15) is 11.4 Å². The molecule has 0 unspecified atom stereocenters. The Morgan fingerprint density at radius 1 is 1.57 bits per heavy atom. The summed E-state index contributed by atoms with van der Waals surface area (Å²) in [5.74, 6) is 2.94. The van der Waals surface area contributed by atoms with Crippen LogP contribution in [0.4, 0.5) is 4.79 Å². The third-order valence-electron chi connectivity index (χ3n) is 3.12. The number of hydrogen-bond acceptors (Lipinski definition) is 2. The Kier molecular flexibility index (Phi) is 1.95. The molecule has 0 saturated heterocycles. The van der Waals surface area contributed by atoms with Crippen molar-refractivity contribution in [3.63, 3.8) is 0 Å². The Balaban J connectivity index is 2.33. The maximum atomic E-state index is 11.5. The number of rotatable bonds is 1. The second-order valence-corrected chi connectivity index (χ2v) is 3.81. The van der Waals surface area contributed by atoms with Gasteiger partial charge < -0.3 is 5.73 Å². The number of carbonyl (C=O) groups is 1. The van der Waals surface area contributed by atoms with Crippen LogP contribution in [-0.4, -0.2) is 28.9 Å². The average Bonchev–Trinajstić information content (AvgIpc) is 2.70. The van der Waals surface area contributed by atoms with Gasteiger partial charge in [0.15, 0.2) is 0 Å². The number of urea groups is 1. The Morgan fingerprint density at radius 3 is 2.79 bits per heavy atom. The van der Waals surface area contributed by atoms with Gasteiger partial charge in [0.05, 0.1) is 6.54 Å². The molecule has 1 heterocycles. The van der Waals surface area contributed by atoms with Crippen LogP contribution in [0.25, 0.3) is 0 Å². The van der Waals surface area contributed by atoms with Gasteiger partial charge in [-0.3, -0.25) is 4.90 Å². The van der Waals surface area contributed by atoms with Gasteiger partial charge in [0.2, 0.25) is 0 Å². The van der Waals surface area contributed by atoms with Crippen molar-refractivity contribution in [3.8, 4) is 12.3 Å². The number of amides is 2. The van der Waals surface area contributed by atoms with Crippen molar-refractivity contribution in [2.45, 2.75) is 31.2 Å². The fourth-order valence-corrected chi connectivity index (χ4v) is 2.39. The largest absolute Gasteiger partial charge is 0.385 e. The Hall–Kier alpha value is -1.50. The molecule has 1 fully saturated rings. The molecule has 2 N–H and O–H groups in total. The van der Waals surface area contributed by atoms with Crippen LogP contribution in [0.15, 0.2) is 4.99 Å². The standard InChI is InChI=1S/C10H13N3O/c1-2-7-13-9(14)12-8(11)10(13)5-3-4-6-10/h1H,3-7H2,(H2,11,12,14). The third-order valence-corrected chi connectivity index (χ3v) is 3.12. The molecule has 0 bridgehead atoms. The van der Waals surface area contributed by atoms with Gasteiger partial charge in [0.25, 0.3) is 0 Å². The van der Waals surface area contributed by atoms with Crippen LogP contribution in [0.3, 0.4) is 0 Å². The molecule has 0 radical (unpaired) electrons. The highest BCUT2D eigenvalue weighted by molar-refractivity contribution is 6.06. The topological polar surface area (TPSA) is 58.7 Å². The normalized spacial score (nSPS) is 24.1. The van der Waals surface area contributed by atoms with Crippen LogP contribution in [0, 0.1) is 12.3 Å². The number of nitrogens with two attached hydrogens (primary N) is 1. The quantitative estimate of drug-likeness (QED) is 0.621. The van der Waals surface area contributed by atoms with Gasteiger partial charge in [-0.25, -0.2) is 4.79 Å². The highest BCUT2D eigenvalue weighted by Gasteiger charge is 2.49. The van der Waals surface area contributed by atoms with Gasteiger partial charge in [-0.05, 0) is 12.8 Å². The van der Waals surface area contributed by atoms with E-state index in [1.165, 1.54) is 0 Å². The molecule has 0 aromatic rings. The molecule has 1 aliphatic heterocycles. The summed E-state index contributed by atoms with van der Waals surface area (Å²) in [5, 5.41) is 0. The van der Waals surface area contributed by atoms with Crippen LogP contribution in [-0.2, 0) is 0 Å². The van der Waals surface area contributed by atoms with E-state index in [1.54, 1.807) is 4.90 Å². The molecule has 74 valence electrons. The van der Waals surface area contributed by atoms with Gasteiger partial charge >= 0.3 is 6.03 Å². The van der Waals surface area contributed by atoms with Gasteiger partial charge in [-0.15, -0.1) is 6.42 Å². The predicted molar refractivity (Wildman–Crippen MR) is 53.8 cm³/mol. The Labute approximate surface area is 83.2 Å². The molecule has 0 atom stereocenters. The lowest BCUT2D eigenvalue weighted by atomic mass is 9.95. The second kappa shape index (κ2) is 3.02. The maximum absolute atomic E-state index is 11.5. The van der Waals surface area contributed by atoms with E-state index in [1.807, 2.05) is 0 Å². The minimum atomic E-state index is -0.344. The SMILES string of the molecule is C#CCN1C(=O)N=C(N)C12CCCC2. The monoisotopic (exact) mass is 191 g/mol. The lowest BCUT2D eigenvalue weighted by Gasteiger charge is -2.32. The number of aliphatic imine (C=N–C) groups is 1. The summed E-state index contributed by atoms with van der Waals surface area (Å²) in [6, 6.07) is -0.276. The van der Waals surface area contributed by atoms with Crippen LogP contribution in [0.2, 0.25) is 0 Å². The van der Waals surface area contributed by atoms with E-state index in [4.69, 9.17) is 12.2 Å². The van der Waals surface area contributed by atoms with Crippen molar-refractivity contribution < 1.29 is 4.79 Å². The Bertz CT molecular complexity index is 334. The van der Waals surface area contributed by atoms with E-state index < -0.39 is 0 Å². The zero-order chi connectivity index (χ0) is 10.2. The zero-order valence-electron chi connectivity index (χ0n) is 7.99. The van der Waals surface area contributed by atoms with Crippen LogP contribution in [0.1, 0.15) is 25.7 Å². The molecule has 14 heavy (non-hydrogen) atoms. The van der Waals surface area contributed by atoms with Crippen LogP contribution in [0.5, 0.6) is 0 Å². The van der Waals surface area contributed by atoms with E-state index in [0.717, 1.165) is 25.7 Å². The number of amidine groups is 1. The molecule has 0 aromatic heterocycles. The van der Waals surface area contributed by atoms with Crippen molar-refractivity contribution in [2.75, 3.05) is 6.54 Å². The van der Waals surface area contributed by atoms with E-state index in [-0.39, 0.29) is 11.6 Å². The van der Waals surface area contributed by atoms with E-state index in [2.05, 4.69) is 10.9 Å². The van der Waals surface area contributed by atoms with Crippen molar-refractivity contribution in [1.29, 1.82) is 0 Å². The van der Waals surface area contributed by atoms with E-state index in [9.17, 15) is 4.79 Å². The van der Waals surface area contributed by atoms with Gasteiger partial charge in [-0.1, -0.05) is 18.8 Å². The minimum Gasteiger partial charge on any atom is -0.385 e. The highest BCUT2D eigenvalue weighted by Crippen LogP contribution is 2.38. The number of terminal acetylenes is 1. The van der Waals surface area contributed by atoms with Crippen molar-refractivity contribution in [1.82, 2.24) is 4.90 Å². The van der Waals surface area contributed by atoms with Gasteiger partial charge in [0, 0.05) is 0 Å². The van der Waals surface area contributed by atoms with Crippen LogP contribution >= 0.6 is 0 Å². The molecule has 4 heteroatoms. The molecule has 0 aromatic carbocycles. The summed E-state index contributed by atoms with van der Waals surface area (Å²) in [6.45, 7) is 0.309. The molecular weight excluding hydrogens is 178 g/mol. The minimum absolute atomic E-state index is 0.276. The maximum Gasteiger partial charge on any atom is 0.346 e. The first-order chi connectivity index (χ1) is 6.70. The molecule has 2 amide bonds. The van der Waals surface area contributed by atoms with Crippen molar-refractivity contribution in [3.05, 3.63) is 0 Å². The predicted octanol–water partition coefficient (Wildman–Crippen LogP) is 0.725. The fraction of sp³-hybridized carbons (Fsp3) is 0.600. The summed E-state index contributed by atoms with van der Waals surface area (Å²) in [6.07, 6.45) is 9.20. The highest BCUT2D eigenvalue weighted by atomic mass is 16.2. The first-order valence-electron chi connectivity index (χ1n) is 4.80. The second-order valence-electron chi connectivity index (χ2n) is 3.81. The van der Waals surface area contributed by atoms with E-state index in [0.29, 0.717) is 12.4 Å². The van der Waals surface area contributed by atoms with Crippen LogP contribution < -0.4 is 5.73 Å². The summed E-state index contributed by atoms with van der Waals surface area (Å²) >= 11 is 0. The van der Waals surface area contributed by atoms with Crippen molar-refractivity contribution in [2.24, 2.45) is 10.7 Å². The molecule has 1 saturated carbocycles. The smallest absolute Gasteiger partial charge is 0.346 e. The number of nitrogens with zero attached hydrogens (tertiary/aromatic N) is 2. The molecular formula is C10H13N3O. The molecule has 2 aliphatic rings. The van der Waals surface area contributed by atoms with E-state index >= 15 is 0 Å². The zero-order valence-corrected chi connectivity index (χ0v) is 7.99. The summed E-state index contributed by atoms with van der Waals surface area (Å²) < 4.78 is 0. The molecule has 2 rings (SSSR count). The fourth-order valence-electron chi connectivity index (χ4n) is 2.39.